The van der Waals surface area contributed by atoms with E-state index in [0.29, 0.717) is 18.5 Å². The van der Waals surface area contributed by atoms with Crippen LogP contribution in [-0.4, -0.2) is 39.1 Å². The van der Waals surface area contributed by atoms with Crippen molar-refractivity contribution in [3.05, 3.63) is 18.0 Å². The number of aliphatic carboxylic acids is 1. The predicted octanol–water partition coefficient (Wildman–Crippen LogP) is 2.36. The summed E-state index contributed by atoms with van der Waals surface area (Å²) in [5, 5.41) is 16.6. The first-order chi connectivity index (χ1) is 10.6. The number of carbonyl (C=O) groups excluding carboxylic acids is 1. The molecule has 0 aliphatic carbocycles. The van der Waals surface area contributed by atoms with E-state index in [1.54, 1.807) is 44.8 Å². The smallest absolute Gasteiger partial charge is 0.407 e. The average Bonchev–Trinajstić information content (AvgIpc) is 2.79. The van der Waals surface area contributed by atoms with Crippen LogP contribution < -0.4 is 5.32 Å². The first kappa shape index (κ1) is 19.0. The molecule has 7 nitrogen and oxygen atoms in total. The second-order valence-corrected chi connectivity index (χ2v) is 6.85. The molecule has 130 valence electrons. The van der Waals surface area contributed by atoms with Gasteiger partial charge >= 0.3 is 12.1 Å². The normalized spacial score (nSPS) is 14.1. The Labute approximate surface area is 137 Å². The van der Waals surface area contributed by atoms with E-state index in [2.05, 4.69) is 10.4 Å². The number of ether oxygens (including phenoxy) is 1. The summed E-state index contributed by atoms with van der Waals surface area (Å²) in [6, 6.07) is 1.79. The van der Waals surface area contributed by atoms with Crippen LogP contribution in [-0.2, 0) is 23.0 Å². The molecular weight excluding hydrogens is 298 g/mol. The van der Waals surface area contributed by atoms with Gasteiger partial charge in [0.1, 0.15) is 5.60 Å². The van der Waals surface area contributed by atoms with Crippen molar-refractivity contribution in [3.8, 4) is 0 Å². The third kappa shape index (κ3) is 5.92. The molecule has 1 rings (SSSR count). The lowest BCUT2D eigenvalue weighted by Crippen LogP contribution is -2.46. The highest BCUT2D eigenvalue weighted by Gasteiger charge is 2.39. The van der Waals surface area contributed by atoms with Gasteiger partial charge in [0, 0.05) is 26.2 Å². The van der Waals surface area contributed by atoms with Gasteiger partial charge in [0.15, 0.2) is 0 Å². The molecular formula is C16H27N3O4. The highest BCUT2D eigenvalue weighted by Crippen LogP contribution is 2.28. The summed E-state index contributed by atoms with van der Waals surface area (Å²) in [7, 11) is 1.78. The number of carbonyl (C=O) groups is 2. The van der Waals surface area contributed by atoms with Gasteiger partial charge in [-0.05, 0) is 33.3 Å². The summed E-state index contributed by atoms with van der Waals surface area (Å²) in [6.07, 6.45) is 2.55. The van der Waals surface area contributed by atoms with E-state index in [-0.39, 0.29) is 13.0 Å². The number of carboxylic acid groups (broad SMARTS) is 1. The Kier molecular flexibility index (Phi) is 6.18. The van der Waals surface area contributed by atoms with Crippen molar-refractivity contribution in [3.63, 3.8) is 0 Å². The maximum Gasteiger partial charge on any atom is 0.407 e. The highest BCUT2D eigenvalue weighted by atomic mass is 16.6. The van der Waals surface area contributed by atoms with Crippen LogP contribution in [0.15, 0.2) is 12.3 Å². The molecule has 0 radical (unpaired) electrons. The van der Waals surface area contributed by atoms with Crippen LogP contribution in [0.25, 0.3) is 0 Å². The van der Waals surface area contributed by atoms with Crippen molar-refractivity contribution in [2.75, 3.05) is 6.54 Å². The first-order valence-electron chi connectivity index (χ1n) is 7.77. The lowest BCUT2D eigenvalue weighted by Gasteiger charge is -2.29. The summed E-state index contributed by atoms with van der Waals surface area (Å²) in [6.45, 7) is 7.20. The van der Waals surface area contributed by atoms with Gasteiger partial charge in [-0.3, -0.25) is 9.48 Å². The van der Waals surface area contributed by atoms with Gasteiger partial charge in [0.2, 0.25) is 0 Å². The van der Waals surface area contributed by atoms with E-state index in [1.807, 2.05) is 6.92 Å². The Balaban J connectivity index is 2.86. The minimum Gasteiger partial charge on any atom is -0.481 e. The fourth-order valence-electron chi connectivity index (χ4n) is 2.44. The Morgan fingerprint density at radius 3 is 2.48 bits per heavy atom. The number of amides is 1. The number of hydrogen-bond donors (Lipinski definition) is 2. The van der Waals surface area contributed by atoms with Crippen LogP contribution in [0.1, 0.15) is 46.2 Å². The van der Waals surface area contributed by atoms with E-state index >= 15 is 0 Å². The first-order valence-corrected chi connectivity index (χ1v) is 7.77. The molecule has 0 aliphatic rings. The van der Waals surface area contributed by atoms with Crippen molar-refractivity contribution >= 4 is 12.1 Å². The van der Waals surface area contributed by atoms with E-state index in [4.69, 9.17) is 4.74 Å². The van der Waals surface area contributed by atoms with Crippen LogP contribution in [0.5, 0.6) is 0 Å². The Morgan fingerprint density at radius 1 is 1.39 bits per heavy atom. The average molecular weight is 325 g/mol. The molecule has 0 bridgehead atoms. The number of aryl methyl sites for hydroxylation is 1. The third-order valence-corrected chi connectivity index (χ3v) is 3.44. The standard InChI is InChI=1S/C16H27N3O4/c1-6-8-16(13(20)21,10-12-7-9-19(5)18-12)11-17-14(22)23-15(2,3)4/h7,9H,6,8,10-11H2,1-5H3,(H,17,22)(H,20,21). The van der Waals surface area contributed by atoms with Gasteiger partial charge in [-0.2, -0.15) is 5.10 Å². The van der Waals surface area contributed by atoms with Crippen molar-refractivity contribution in [1.82, 2.24) is 15.1 Å². The molecule has 0 aromatic carbocycles. The maximum absolute atomic E-state index is 11.9. The topological polar surface area (TPSA) is 93.5 Å². The Bertz CT molecular complexity index is 548. The summed E-state index contributed by atoms with van der Waals surface area (Å²) in [5.41, 5.74) is -1.03. The Morgan fingerprint density at radius 2 is 2.04 bits per heavy atom. The van der Waals surface area contributed by atoms with Gasteiger partial charge in [-0.25, -0.2) is 4.79 Å². The van der Waals surface area contributed by atoms with Crippen molar-refractivity contribution < 1.29 is 19.4 Å². The van der Waals surface area contributed by atoms with Crippen molar-refractivity contribution in [2.24, 2.45) is 12.5 Å². The lowest BCUT2D eigenvalue weighted by atomic mass is 9.79. The number of carboxylic acids is 1. The second-order valence-electron chi connectivity index (χ2n) is 6.85. The van der Waals surface area contributed by atoms with Crippen molar-refractivity contribution in [2.45, 2.75) is 52.6 Å². The molecule has 23 heavy (non-hydrogen) atoms. The molecule has 7 heteroatoms. The zero-order valence-corrected chi connectivity index (χ0v) is 14.5. The molecule has 2 N–H and O–H groups in total. The van der Waals surface area contributed by atoms with E-state index in [1.165, 1.54) is 0 Å². The molecule has 1 aromatic heterocycles. The predicted molar refractivity (Wildman–Crippen MR) is 86.1 cm³/mol. The van der Waals surface area contributed by atoms with Crippen LogP contribution in [0.4, 0.5) is 4.79 Å². The minimum absolute atomic E-state index is 0.00165. The second kappa shape index (κ2) is 7.48. The summed E-state index contributed by atoms with van der Waals surface area (Å²) >= 11 is 0. The largest absolute Gasteiger partial charge is 0.481 e. The monoisotopic (exact) mass is 325 g/mol. The fraction of sp³-hybridized carbons (Fsp3) is 0.688. The number of nitrogens with zero attached hydrogens (tertiary/aromatic N) is 2. The van der Waals surface area contributed by atoms with Crippen LogP contribution in [0.2, 0.25) is 0 Å². The quantitative estimate of drug-likeness (QED) is 0.802. The lowest BCUT2D eigenvalue weighted by molar-refractivity contribution is -0.149. The van der Waals surface area contributed by atoms with Crippen LogP contribution in [0.3, 0.4) is 0 Å². The maximum atomic E-state index is 11.9. The zero-order chi connectivity index (χ0) is 17.7. The van der Waals surface area contributed by atoms with Gasteiger partial charge in [-0.15, -0.1) is 0 Å². The molecule has 1 amide bonds. The Hall–Kier alpha value is -2.05. The van der Waals surface area contributed by atoms with Gasteiger partial charge in [-0.1, -0.05) is 13.3 Å². The number of hydrogen-bond acceptors (Lipinski definition) is 4. The van der Waals surface area contributed by atoms with Crippen molar-refractivity contribution in [1.29, 1.82) is 0 Å². The number of nitrogens with one attached hydrogen (secondary N) is 1. The summed E-state index contributed by atoms with van der Waals surface area (Å²) in [4.78, 5) is 23.7. The SMILES string of the molecule is CCCC(CNC(=O)OC(C)(C)C)(Cc1ccn(C)n1)C(=O)O. The molecule has 0 saturated heterocycles. The molecule has 0 aliphatic heterocycles. The molecule has 0 saturated carbocycles. The molecule has 1 unspecified atom stereocenters. The number of rotatable bonds is 7. The number of aromatic nitrogens is 2. The molecule has 0 spiro atoms. The number of alkyl carbamates (subject to hydrolysis) is 1. The fourth-order valence-corrected chi connectivity index (χ4v) is 2.44. The minimum atomic E-state index is -1.10. The van der Waals surface area contributed by atoms with E-state index in [0.717, 1.165) is 0 Å². The van der Waals surface area contributed by atoms with Gasteiger partial charge in [0.25, 0.3) is 0 Å². The molecule has 0 fully saturated rings. The van der Waals surface area contributed by atoms with E-state index < -0.39 is 23.1 Å². The van der Waals surface area contributed by atoms with Crippen LogP contribution >= 0.6 is 0 Å². The van der Waals surface area contributed by atoms with Crippen LogP contribution in [0, 0.1) is 5.41 Å². The zero-order valence-electron chi connectivity index (χ0n) is 14.5. The molecule has 1 atom stereocenters. The molecule has 1 aromatic rings. The van der Waals surface area contributed by atoms with E-state index in [9.17, 15) is 14.7 Å². The van der Waals surface area contributed by atoms with Gasteiger partial charge in [0.05, 0.1) is 11.1 Å². The van der Waals surface area contributed by atoms with Gasteiger partial charge < -0.3 is 15.2 Å². The summed E-state index contributed by atoms with van der Waals surface area (Å²) < 4.78 is 6.82. The highest BCUT2D eigenvalue weighted by molar-refractivity contribution is 5.77. The molecule has 1 heterocycles. The third-order valence-electron chi connectivity index (χ3n) is 3.44. The summed E-state index contributed by atoms with van der Waals surface area (Å²) in [5.74, 6) is -0.943.